The van der Waals surface area contributed by atoms with Crippen LogP contribution in [0.1, 0.15) is 12.5 Å². The van der Waals surface area contributed by atoms with Crippen molar-refractivity contribution < 1.29 is 14.2 Å². The Morgan fingerprint density at radius 1 is 1.12 bits per heavy atom. The van der Waals surface area contributed by atoms with Gasteiger partial charge in [0.15, 0.2) is 12.3 Å². The van der Waals surface area contributed by atoms with Crippen LogP contribution in [-0.4, -0.2) is 22.8 Å². The van der Waals surface area contributed by atoms with Crippen molar-refractivity contribution >= 4 is 27.7 Å². The number of anilines is 1. The third-order valence-corrected chi connectivity index (χ3v) is 4.09. The van der Waals surface area contributed by atoms with E-state index >= 15 is 0 Å². The molecular formula is C18H16BrN3O3. The van der Waals surface area contributed by atoms with E-state index in [-0.39, 0.29) is 18.3 Å². The first kappa shape index (κ1) is 17.2. The topological polar surface area (TPSA) is 77.2 Å². The van der Waals surface area contributed by atoms with E-state index < -0.39 is 0 Å². The van der Waals surface area contributed by atoms with Crippen LogP contribution < -0.4 is 10.1 Å². The zero-order valence-corrected chi connectivity index (χ0v) is 15.1. The van der Waals surface area contributed by atoms with Crippen molar-refractivity contribution in [2.24, 2.45) is 0 Å². The molecule has 0 atom stereocenters. The standard InChI is InChI=1S/C18H16BrN3O3/c1-2-12-3-9-15(10-4-12)24-11-16(23)20-18-17(21-25-22-18)13-5-7-14(19)8-6-13/h3-10H,2,11H2,1H3,(H,20,22,23). The smallest absolute Gasteiger partial charge is 0.263 e. The maximum Gasteiger partial charge on any atom is 0.263 e. The van der Waals surface area contributed by atoms with Gasteiger partial charge in [0, 0.05) is 10.0 Å². The summed E-state index contributed by atoms with van der Waals surface area (Å²) in [5, 5.41) is 10.3. The number of nitrogens with one attached hydrogen (secondary N) is 1. The number of aromatic nitrogens is 2. The van der Waals surface area contributed by atoms with Crippen molar-refractivity contribution in [2.45, 2.75) is 13.3 Å². The number of rotatable bonds is 6. The van der Waals surface area contributed by atoms with Crippen LogP contribution in [0.4, 0.5) is 5.82 Å². The summed E-state index contributed by atoms with van der Waals surface area (Å²) in [7, 11) is 0. The van der Waals surface area contributed by atoms with Crippen LogP contribution >= 0.6 is 15.9 Å². The minimum absolute atomic E-state index is 0.127. The number of ether oxygens (including phenoxy) is 1. The van der Waals surface area contributed by atoms with E-state index in [4.69, 9.17) is 9.37 Å². The number of hydrogen-bond acceptors (Lipinski definition) is 5. The third kappa shape index (κ3) is 4.45. The first-order chi connectivity index (χ1) is 12.2. The van der Waals surface area contributed by atoms with Crippen LogP contribution in [0.25, 0.3) is 11.3 Å². The van der Waals surface area contributed by atoms with Crippen molar-refractivity contribution in [2.75, 3.05) is 11.9 Å². The lowest BCUT2D eigenvalue weighted by Gasteiger charge is -2.07. The predicted octanol–water partition coefficient (Wildman–Crippen LogP) is 4.08. The highest BCUT2D eigenvalue weighted by Crippen LogP contribution is 2.25. The quantitative estimate of drug-likeness (QED) is 0.673. The lowest BCUT2D eigenvalue weighted by atomic mass is 10.1. The Balaban J connectivity index is 1.61. The van der Waals surface area contributed by atoms with Gasteiger partial charge >= 0.3 is 0 Å². The largest absolute Gasteiger partial charge is 0.484 e. The molecule has 1 N–H and O–H groups in total. The summed E-state index contributed by atoms with van der Waals surface area (Å²) in [6.45, 7) is 1.95. The maximum absolute atomic E-state index is 12.1. The molecule has 7 heteroatoms. The van der Waals surface area contributed by atoms with E-state index in [2.05, 4.69) is 38.5 Å². The Bertz CT molecular complexity index is 845. The van der Waals surface area contributed by atoms with Crippen molar-refractivity contribution in [3.8, 4) is 17.0 Å². The molecule has 1 heterocycles. The van der Waals surface area contributed by atoms with Crippen molar-refractivity contribution in [1.29, 1.82) is 0 Å². The average Bonchev–Trinajstić information content (AvgIpc) is 3.09. The predicted molar refractivity (Wildman–Crippen MR) is 97.4 cm³/mol. The summed E-state index contributed by atoms with van der Waals surface area (Å²) in [5.41, 5.74) is 2.47. The Morgan fingerprint density at radius 2 is 1.84 bits per heavy atom. The summed E-state index contributed by atoms with van der Waals surface area (Å²) in [4.78, 5) is 12.1. The van der Waals surface area contributed by atoms with Gasteiger partial charge in [0.1, 0.15) is 5.75 Å². The molecule has 0 unspecified atom stereocenters. The number of hydrogen-bond donors (Lipinski definition) is 1. The van der Waals surface area contributed by atoms with Gasteiger partial charge in [0.2, 0.25) is 5.82 Å². The molecule has 25 heavy (non-hydrogen) atoms. The number of carbonyl (C=O) groups excluding carboxylic acids is 1. The molecule has 0 aliphatic rings. The van der Waals surface area contributed by atoms with Gasteiger partial charge in [-0.1, -0.05) is 47.1 Å². The van der Waals surface area contributed by atoms with Gasteiger partial charge < -0.3 is 10.1 Å². The number of halogens is 1. The lowest BCUT2D eigenvalue weighted by molar-refractivity contribution is -0.118. The SMILES string of the molecule is CCc1ccc(OCC(=O)Nc2nonc2-c2ccc(Br)cc2)cc1. The number of nitrogens with zero attached hydrogens (tertiary/aromatic N) is 2. The maximum atomic E-state index is 12.1. The second kappa shape index (κ2) is 7.94. The van der Waals surface area contributed by atoms with E-state index in [1.54, 1.807) is 0 Å². The highest BCUT2D eigenvalue weighted by atomic mass is 79.9. The molecule has 0 spiro atoms. The fourth-order valence-corrected chi connectivity index (χ4v) is 2.47. The first-order valence-electron chi connectivity index (χ1n) is 7.76. The van der Waals surface area contributed by atoms with Gasteiger partial charge in [-0.3, -0.25) is 4.79 Å². The number of amides is 1. The minimum atomic E-state index is -0.339. The van der Waals surface area contributed by atoms with Gasteiger partial charge in [-0.25, -0.2) is 4.63 Å². The summed E-state index contributed by atoms with van der Waals surface area (Å²) in [6, 6.07) is 15.1. The monoisotopic (exact) mass is 401 g/mol. The van der Waals surface area contributed by atoms with Crippen LogP contribution in [-0.2, 0) is 11.2 Å². The van der Waals surface area contributed by atoms with Crippen LogP contribution in [0.2, 0.25) is 0 Å². The molecule has 3 aromatic rings. The normalized spacial score (nSPS) is 10.5. The van der Waals surface area contributed by atoms with Crippen molar-refractivity contribution in [3.63, 3.8) is 0 Å². The molecule has 2 aromatic carbocycles. The van der Waals surface area contributed by atoms with Crippen LogP contribution in [0, 0.1) is 0 Å². The van der Waals surface area contributed by atoms with Crippen LogP contribution in [0.5, 0.6) is 5.75 Å². The Labute approximate surface area is 153 Å². The molecule has 0 saturated carbocycles. The summed E-state index contributed by atoms with van der Waals surface area (Å²) in [5.74, 6) is 0.560. The fourth-order valence-electron chi connectivity index (χ4n) is 2.21. The van der Waals surface area contributed by atoms with E-state index in [0.29, 0.717) is 11.4 Å². The summed E-state index contributed by atoms with van der Waals surface area (Å²) >= 11 is 3.37. The zero-order chi connectivity index (χ0) is 17.6. The molecule has 1 amide bonds. The Hall–Kier alpha value is -2.67. The van der Waals surface area contributed by atoms with Gasteiger partial charge in [-0.05, 0) is 46.6 Å². The Morgan fingerprint density at radius 3 is 2.52 bits per heavy atom. The average molecular weight is 402 g/mol. The molecule has 3 rings (SSSR count). The molecule has 0 bridgehead atoms. The second-order valence-electron chi connectivity index (χ2n) is 5.30. The molecule has 128 valence electrons. The van der Waals surface area contributed by atoms with Crippen molar-refractivity contribution in [1.82, 2.24) is 10.3 Å². The molecule has 6 nitrogen and oxygen atoms in total. The summed E-state index contributed by atoms with van der Waals surface area (Å²) in [6.07, 6.45) is 0.957. The highest BCUT2D eigenvalue weighted by molar-refractivity contribution is 9.10. The third-order valence-electron chi connectivity index (χ3n) is 3.57. The molecule has 0 aliphatic heterocycles. The highest BCUT2D eigenvalue weighted by Gasteiger charge is 2.15. The second-order valence-corrected chi connectivity index (χ2v) is 6.22. The van der Waals surface area contributed by atoms with Gasteiger partial charge in [-0.15, -0.1) is 0 Å². The van der Waals surface area contributed by atoms with Crippen LogP contribution in [0.15, 0.2) is 57.6 Å². The van der Waals surface area contributed by atoms with Gasteiger partial charge in [-0.2, -0.15) is 0 Å². The van der Waals surface area contributed by atoms with E-state index in [0.717, 1.165) is 16.5 Å². The lowest BCUT2D eigenvalue weighted by Crippen LogP contribution is -2.20. The zero-order valence-electron chi connectivity index (χ0n) is 13.5. The molecule has 0 fully saturated rings. The van der Waals surface area contributed by atoms with E-state index in [9.17, 15) is 4.79 Å². The fraction of sp³-hybridized carbons (Fsp3) is 0.167. The molecular weight excluding hydrogens is 386 g/mol. The molecule has 0 radical (unpaired) electrons. The number of aryl methyl sites for hydroxylation is 1. The molecule has 0 aliphatic carbocycles. The van der Waals surface area contributed by atoms with E-state index in [1.165, 1.54) is 5.56 Å². The Kier molecular flexibility index (Phi) is 5.45. The molecule has 1 aromatic heterocycles. The van der Waals surface area contributed by atoms with Gasteiger partial charge in [0.25, 0.3) is 5.91 Å². The van der Waals surface area contributed by atoms with E-state index in [1.807, 2.05) is 48.5 Å². The summed E-state index contributed by atoms with van der Waals surface area (Å²) < 4.78 is 11.2. The van der Waals surface area contributed by atoms with Crippen molar-refractivity contribution in [3.05, 3.63) is 58.6 Å². The number of carbonyl (C=O) groups is 1. The number of benzene rings is 2. The van der Waals surface area contributed by atoms with Gasteiger partial charge in [0.05, 0.1) is 0 Å². The first-order valence-corrected chi connectivity index (χ1v) is 8.55. The molecule has 0 saturated heterocycles. The van der Waals surface area contributed by atoms with Crippen LogP contribution in [0.3, 0.4) is 0 Å². The minimum Gasteiger partial charge on any atom is -0.484 e.